The second-order valence-corrected chi connectivity index (χ2v) is 10.5. The number of aryl methyl sites for hydroxylation is 1. The SMILES string of the molecule is COc1ccc(Cc2csc(N3CCN(S(=O)(=O)c4ccc(C)cc4)CC3)n2)c(OC)c1. The zero-order valence-electron chi connectivity index (χ0n) is 18.4. The van der Waals surface area contributed by atoms with Crippen molar-refractivity contribution in [3.63, 3.8) is 0 Å². The van der Waals surface area contributed by atoms with Crippen molar-refractivity contribution in [2.45, 2.75) is 18.2 Å². The van der Waals surface area contributed by atoms with Crippen LogP contribution in [0.3, 0.4) is 0 Å². The average Bonchev–Trinajstić information content (AvgIpc) is 3.28. The molecule has 32 heavy (non-hydrogen) atoms. The number of hydrogen-bond acceptors (Lipinski definition) is 7. The van der Waals surface area contributed by atoms with Gasteiger partial charge in [-0.3, -0.25) is 0 Å². The van der Waals surface area contributed by atoms with Gasteiger partial charge in [-0.05, 0) is 25.1 Å². The summed E-state index contributed by atoms with van der Waals surface area (Å²) in [7, 11) is -0.188. The Labute approximate surface area is 193 Å². The molecule has 0 radical (unpaired) electrons. The minimum Gasteiger partial charge on any atom is -0.497 e. The van der Waals surface area contributed by atoms with Gasteiger partial charge in [-0.2, -0.15) is 4.31 Å². The third-order valence-corrected chi connectivity index (χ3v) is 8.44. The molecule has 2 heterocycles. The monoisotopic (exact) mass is 473 g/mol. The molecular formula is C23H27N3O4S2. The van der Waals surface area contributed by atoms with Gasteiger partial charge in [0, 0.05) is 49.6 Å². The van der Waals surface area contributed by atoms with Gasteiger partial charge in [0.25, 0.3) is 0 Å². The van der Waals surface area contributed by atoms with Crippen molar-refractivity contribution >= 4 is 26.5 Å². The van der Waals surface area contributed by atoms with Gasteiger partial charge in [-0.15, -0.1) is 11.3 Å². The van der Waals surface area contributed by atoms with E-state index in [1.54, 1.807) is 42.0 Å². The molecule has 1 aromatic heterocycles. The second kappa shape index (κ2) is 9.48. The van der Waals surface area contributed by atoms with Crippen LogP contribution in [-0.2, 0) is 16.4 Å². The molecule has 2 aromatic carbocycles. The lowest BCUT2D eigenvalue weighted by atomic mass is 10.1. The highest BCUT2D eigenvalue weighted by Gasteiger charge is 2.29. The Hall–Kier alpha value is -2.62. The molecule has 1 saturated heterocycles. The minimum atomic E-state index is -3.47. The van der Waals surface area contributed by atoms with Crippen LogP contribution in [0.15, 0.2) is 52.7 Å². The van der Waals surface area contributed by atoms with Crippen LogP contribution in [-0.4, -0.2) is 58.1 Å². The number of nitrogens with zero attached hydrogens (tertiary/aromatic N) is 3. The number of aromatic nitrogens is 1. The normalized spacial score (nSPS) is 15.0. The van der Waals surface area contributed by atoms with Gasteiger partial charge in [0.15, 0.2) is 5.13 Å². The first kappa shape index (κ1) is 22.6. The van der Waals surface area contributed by atoms with E-state index in [9.17, 15) is 8.42 Å². The Morgan fingerprint density at radius 2 is 1.72 bits per heavy atom. The molecule has 4 rings (SSSR count). The lowest BCUT2D eigenvalue weighted by Crippen LogP contribution is -2.48. The summed E-state index contributed by atoms with van der Waals surface area (Å²) in [6.45, 7) is 4.06. The highest BCUT2D eigenvalue weighted by Crippen LogP contribution is 2.29. The first-order chi connectivity index (χ1) is 15.4. The summed E-state index contributed by atoms with van der Waals surface area (Å²) < 4.78 is 38.2. The fourth-order valence-electron chi connectivity index (χ4n) is 3.69. The number of rotatable bonds is 7. The summed E-state index contributed by atoms with van der Waals surface area (Å²) in [5.41, 5.74) is 3.04. The van der Waals surface area contributed by atoms with Gasteiger partial charge in [0.1, 0.15) is 11.5 Å². The predicted octanol–water partition coefficient (Wildman–Crippen LogP) is 3.57. The number of anilines is 1. The Bertz CT molecular complexity index is 1170. The molecule has 170 valence electrons. The second-order valence-electron chi connectivity index (χ2n) is 7.68. The summed E-state index contributed by atoms with van der Waals surface area (Å²) >= 11 is 1.58. The molecule has 0 atom stereocenters. The summed E-state index contributed by atoms with van der Waals surface area (Å²) in [5.74, 6) is 1.52. The third kappa shape index (κ3) is 4.74. The summed E-state index contributed by atoms with van der Waals surface area (Å²) in [6.07, 6.45) is 0.658. The van der Waals surface area contributed by atoms with Gasteiger partial charge >= 0.3 is 0 Å². The maximum absolute atomic E-state index is 12.9. The van der Waals surface area contributed by atoms with E-state index in [1.807, 2.05) is 37.3 Å². The van der Waals surface area contributed by atoms with Crippen molar-refractivity contribution in [1.82, 2.24) is 9.29 Å². The van der Waals surface area contributed by atoms with E-state index in [2.05, 4.69) is 10.3 Å². The lowest BCUT2D eigenvalue weighted by molar-refractivity contribution is 0.384. The maximum atomic E-state index is 12.9. The molecule has 0 N–H and O–H groups in total. The number of ether oxygens (including phenoxy) is 2. The van der Waals surface area contributed by atoms with E-state index in [4.69, 9.17) is 14.5 Å². The molecule has 9 heteroatoms. The fourth-order valence-corrected chi connectivity index (χ4v) is 6.00. The Morgan fingerprint density at radius 3 is 2.38 bits per heavy atom. The summed E-state index contributed by atoms with van der Waals surface area (Å²) in [5, 5.41) is 2.97. The van der Waals surface area contributed by atoms with E-state index in [0.29, 0.717) is 37.5 Å². The molecule has 1 aliphatic heterocycles. The van der Waals surface area contributed by atoms with E-state index >= 15 is 0 Å². The molecule has 1 aliphatic rings. The Morgan fingerprint density at radius 1 is 1.00 bits per heavy atom. The average molecular weight is 474 g/mol. The quantitative estimate of drug-likeness (QED) is 0.522. The predicted molar refractivity (Wildman–Crippen MR) is 127 cm³/mol. The largest absolute Gasteiger partial charge is 0.497 e. The molecule has 0 bridgehead atoms. The number of piperazine rings is 1. The van der Waals surface area contributed by atoms with E-state index in [-0.39, 0.29) is 0 Å². The van der Waals surface area contributed by atoms with Gasteiger partial charge in [0.05, 0.1) is 24.8 Å². The number of sulfonamides is 1. The molecule has 0 amide bonds. The summed E-state index contributed by atoms with van der Waals surface area (Å²) in [6, 6.07) is 12.8. The minimum absolute atomic E-state index is 0.349. The van der Waals surface area contributed by atoms with Crippen LogP contribution >= 0.6 is 11.3 Å². The number of benzene rings is 2. The van der Waals surface area contributed by atoms with Gasteiger partial charge < -0.3 is 14.4 Å². The molecule has 0 unspecified atom stereocenters. The van der Waals surface area contributed by atoms with Crippen LogP contribution in [0.2, 0.25) is 0 Å². The van der Waals surface area contributed by atoms with Crippen molar-refractivity contribution < 1.29 is 17.9 Å². The van der Waals surface area contributed by atoms with Crippen LogP contribution in [0.4, 0.5) is 5.13 Å². The third-order valence-electron chi connectivity index (χ3n) is 5.57. The van der Waals surface area contributed by atoms with E-state index < -0.39 is 10.0 Å². The highest BCUT2D eigenvalue weighted by atomic mass is 32.2. The van der Waals surface area contributed by atoms with E-state index in [0.717, 1.165) is 33.5 Å². The number of thiazole rings is 1. The van der Waals surface area contributed by atoms with Crippen molar-refractivity contribution in [2.75, 3.05) is 45.3 Å². The molecule has 0 spiro atoms. The standard InChI is InChI=1S/C23H27N3O4S2/c1-17-4-8-21(9-5-17)32(27,28)26-12-10-25(11-13-26)23-24-19(16-31-23)14-18-6-7-20(29-2)15-22(18)30-3/h4-9,15-16H,10-14H2,1-3H3. The van der Waals surface area contributed by atoms with Crippen LogP contribution in [0.1, 0.15) is 16.8 Å². The zero-order chi connectivity index (χ0) is 22.7. The van der Waals surface area contributed by atoms with Crippen LogP contribution in [0, 0.1) is 6.92 Å². The van der Waals surface area contributed by atoms with Gasteiger partial charge in [-0.25, -0.2) is 13.4 Å². The van der Waals surface area contributed by atoms with Gasteiger partial charge in [0.2, 0.25) is 10.0 Å². The smallest absolute Gasteiger partial charge is 0.243 e. The fraction of sp³-hybridized carbons (Fsp3) is 0.348. The molecule has 7 nitrogen and oxygen atoms in total. The van der Waals surface area contributed by atoms with Crippen molar-refractivity contribution in [1.29, 1.82) is 0 Å². The van der Waals surface area contributed by atoms with Crippen LogP contribution < -0.4 is 14.4 Å². The molecule has 3 aromatic rings. The zero-order valence-corrected chi connectivity index (χ0v) is 20.1. The molecule has 1 fully saturated rings. The number of methoxy groups -OCH3 is 2. The van der Waals surface area contributed by atoms with Crippen LogP contribution in [0.25, 0.3) is 0 Å². The Balaban J connectivity index is 1.41. The first-order valence-electron chi connectivity index (χ1n) is 10.4. The van der Waals surface area contributed by atoms with Gasteiger partial charge in [-0.1, -0.05) is 23.8 Å². The first-order valence-corrected chi connectivity index (χ1v) is 12.7. The summed E-state index contributed by atoms with van der Waals surface area (Å²) in [4.78, 5) is 7.29. The topological polar surface area (TPSA) is 72.0 Å². The molecule has 0 aliphatic carbocycles. The number of hydrogen-bond donors (Lipinski definition) is 0. The maximum Gasteiger partial charge on any atom is 0.243 e. The van der Waals surface area contributed by atoms with Crippen molar-refractivity contribution in [3.05, 3.63) is 64.7 Å². The van der Waals surface area contributed by atoms with Crippen molar-refractivity contribution in [2.24, 2.45) is 0 Å². The lowest BCUT2D eigenvalue weighted by Gasteiger charge is -2.33. The van der Waals surface area contributed by atoms with Crippen LogP contribution in [0.5, 0.6) is 11.5 Å². The Kier molecular flexibility index (Phi) is 6.68. The molecular weight excluding hydrogens is 446 g/mol. The van der Waals surface area contributed by atoms with E-state index in [1.165, 1.54) is 0 Å². The molecule has 0 saturated carbocycles. The highest BCUT2D eigenvalue weighted by molar-refractivity contribution is 7.89. The van der Waals surface area contributed by atoms with Crippen molar-refractivity contribution in [3.8, 4) is 11.5 Å².